The molecule has 6 heteroatoms. The topological polar surface area (TPSA) is 71.1 Å². The Kier molecular flexibility index (Phi) is 3.81. The summed E-state index contributed by atoms with van der Waals surface area (Å²) >= 11 is 5.76. The van der Waals surface area contributed by atoms with Gasteiger partial charge in [0, 0.05) is 17.3 Å². The number of carbonyl (C=O) groups is 2. The number of hydrogen-bond donors (Lipinski definition) is 2. The summed E-state index contributed by atoms with van der Waals surface area (Å²) in [6.07, 6.45) is 2.05. The van der Waals surface area contributed by atoms with Gasteiger partial charge in [0.1, 0.15) is 5.15 Å². The van der Waals surface area contributed by atoms with Gasteiger partial charge in [-0.15, -0.1) is 0 Å². The van der Waals surface area contributed by atoms with E-state index in [-0.39, 0.29) is 23.5 Å². The zero-order valence-corrected chi connectivity index (χ0v) is 10.8. The molecule has 0 unspecified atom stereocenters. The Morgan fingerprint density at radius 2 is 2.17 bits per heavy atom. The fourth-order valence-corrected chi connectivity index (χ4v) is 1.78. The van der Waals surface area contributed by atoms with Crippen LogP contribution in [0.3, 0.4) is 0 Å². The van der Waals surface area contributed by atoms with Gasteiger partial charge in [-0.25, -0.2) is 4.98 Å². The van der Waals surface area contributed by atoms with E-state index in [0.29, 0.717) is 17.3 Å². The summed E-state index contributed by atoms with van der Waals surface area (Å²) in [5, 5.41) is 5.61. The molecule has 0 atom stereocenters. The van der Waals surface area contributed by atoms with Crippen molar-refractivity contribution in [2.24, 2.45) is 0 Å². The molecule has 0 bridgehead atoms. The molecule has 96 valence electrons. The van der Waals surface area contributed by atoms with Crippen LogP contribution in [0.5, 0.6) is 0 Å². The van der Waals surface area contributed by atoms with Crippen LogP contribution in [0, 0.1) is 6.92 Å². The van der Waals surface area contributed by atoms with Gasteiger partial charge in [0.15, 0.2) is 0 Å². The average Bonchev–Trinajstić information content (AvgIpc) is 3.08. The zero-order chi connectivity index (χ0) is 13.1. The quantitative estimate of drug-likeness (QED) is 0.801. The van der Waals surface area contributed by atoms with E-state index in [1.54, 1.807) is 13.0 Å². The van der Waals surface area contributed by atoms with Gasteiger partial charge >= 0.3 is 0 Å². The van der Waals surface area contributed by atoms with Crippen LogP contribution in [0.25, 0.3) is 0 Å². The molecular weight excluding hydrogens is 254 g/mol. The highest BCUT2D eigenvalue weighted by Crippen LogP contribution is 2.18. The van der Waals surface area contributed by atoms with Crippen molar-refractivity contribution in [2.45, 2.75) is 25.8 Å². The molecule has 0 aromatic carbocycles. The molecular formula is C12H14ClN3O2. The molecule has 5 nitrogen and oxygen atoms in total. The van der Waals surface area contributed by atoms with Gasteiger partial charge < -0.3 is 10.6 Å². The number of aromatic nitrogens is 1. The lowest BCUT2D eigenvalue weighted by molar-refractivity contribution is -0.120. The van der Waals surface area contributed by atoms with E-state index in [1.807, 2.05) is 0 Å². The summed E-state index contributed by atoms with van der Waals surface area (Å²) < 4.78 is 0. The highest BCUT2D eigenvalue weighted by atomic mass is 35.5. The number of nitrogens with zero attached hydrogens (tertiary/aromatic N) is 1. The van der Waals surface area contributed by atoms with Gasteiger partial charge in [0.2, 0.25) is 5.91 Å². The molecule has 2 amide bonds. The molecule has 18 heavy (non-hydrogen) atoms. The maximum absolute atomic E-state index is 11.8. The molecule has 1 fully saturated rings. The third-order valence-corrected chi connectivity index (χ3v) is 2.73. The largest absolute Gasteiger partial charge is 0.352 e. The Labute approximate surface area is 110 Å². The number of halogens is 1. The molecule has 0 aliphatic heterocycles. The number of hydrogen-bond acceptors (Lipinski definition) is 3. The van der Waals surface area contributed by atoms with E-state index in [2.05, 4.69) is 15.6 Å². The van der Waals surface area contributed by atoms with Crippen LogP contribution in [0.4, 0.5) is 0 Å². The monoisotopic (exact) mass is 267 g/mol. The molecule has 1 aromatic rings. The fraction of sp³-hybridized carbons (Fsp3) is 0.417. The lowest BCUT2D eigenvalue weighted by atomic mass is 10.2. The number of carbonyl (C=O) groups excluding carboxylic acids is 2. The normalized spacial score (nSPS) is 14.1. The molecule has 0 radical (unpaired) electrons. The predicted molar refractivity (Wildman–Crippen MR) is 67.5 cm³/mol. The molecule has 1 heterocycles. The standard InChI is InChI=1S/C12H14ClN3O2/c1-7-4-8(5-10(13)15-7)12(18)14-6-11(17)16-9-2-3-9/h4-5,9H,2-3,6H2,1H3,(H,14,18)(H,16,17). The number of amides is 2. The fourth-order valence-electron chi connectivity index (χ4n) is 1.53. The van der Waals surface area contributed by atoms with E-state index in [1.165, 1.54) is 6.07 Å². The molecule has 1 aliphatic carbocycles. The van der Waals surface area contributed by atoms with Crippen LogP contribution >= 0.6 is 11.6 Å². The van der Waals surface area contributed by atoms with Crippen LogP contribution in [-0.2, 0) is 4.79 Å². The molecule has 2 N–H and O–H groups in total. The van der Waals surface area contributed by atoms with Crippen molar-refractivity contribution in [1.29, 1.82) is 0 Å². The van der Waals surface area contributed by atoms with Crippen molar-refractivity contribution < 1.29 is 9.59 Å². The Morgan fingerprint density at radius 1 is 1.44 bits per heavy atom. The summed E-state index contributed by atoms with van der Waals surface area (Å²) in [6, 6.07) is 3.40. The Balaban J connectivity index is 1.88. The summed E-state index contributed by atoms with van der Waals surface area (Å²) in [6.45, 7) is 1.73. The van der Waals surface area contributed by atoms with E-state index in [0.717, 1.165) is 12.8 Å². The van der Waals surface area contributed by atoms with Crippen LogP contribution in [-0.4, -0.2) is 29.4 Å². The SMILES string of the molecule is Cc1cc(C(=O)NCC(=O)NC2CC2)cc(Cl)n1. The first kappa shape index (κ1) is 12.8. The predicted octanol–water partition coefficient (Wildman–Crippen LogP) is 1.05. The van der Waals surface area contributed by atoms with Crippen molar-refractivity contribution in [1.82, 2.24) is 15.6 Å². The van der Waals surface area contributed by atoms with Crippen molar-refractivity contribution in [3.05, 3.63) is 28.5 Å². The second kappa shape index (κ2) is 5.35. The van der Waals surface area contributed by atoms with Crippen LogP contribution in [0.1, 0.15) is 28.9 Å². The second-order valence-corrected chi connectivity index (χ2v) is 4.73. The molecule has 2 rings (SSSR count). The highest BCUT2D eigenvalue weighted by Gasteiger charge is 2.23. The van der Waals surface area contributed by atoms with Crippen LogP contribution < -0.4 is 10.6 Å². The first-order chi connectivity index (χ1) is 8.54. The van der Waals surface area contributed by atoms with Crippen molar-refractivity contribution in [3.8, 4) is 0 Å². The number of rotatable bonds is 4. The zero-order valence-electron chi connectivity index (χ0n) is 10.00. The Morgan fingerprint density at radius 3 is 2.78 bits per heavy atom. The maximum Gasteiger partial charge on any atom is 0.251 e. The Bertz CT molecular complexity index is 466. The minimum atomic E-state index is -0.326. The third kappa shape index (κ3) is 3.70. The van der Waals surface area contributed by atoms with E-state index < -0.39 is 0 Å². The first-order valence-electron chi connectivity index (χ1n) is 5.76. The minimum Gasteiger partial charge on any atom is -0.352 e. The lowest BCUT2D eigenvalue weighted by Gasteiger charge is -2.06. The molecule has 1 aromatic heterocycles. The maximum atomic E-state index is 11.8. The number of nitrogens with one attached hydrogen (secondary N) is 2. The lowest BCUT2D eigenvalue weighted by Crippen LogP contribution is -2.37. The Hall–Kier alpha value is -1.62. The van der Waals surface area contributed by atoms with Gasteiger partial charge in [-0.3, -0.25) is 9.59 Å². The summed E-state index contributed by atoms with van der Waals surface area (Å²) in [5.41, 5.74) is 1.07. The van der Waals surface area contributed by atoms with Crippen LogP contribution in [0.15, 0.2) is 12.1 Å². The molecule has 1 saturated carbocycles. The van der Waals surface area contributed by atoms with Crippen LogP contribution in [0.2, 0.25) is 5.15 Å². The summed E-state index contributed by atoms with van der Waals surface area (Å²) in [4.78, 5) is 27.1. The summed E-state index contributed by atoms with van der Waals surface area (Å²) in [7, 11) is 0. The van der Waals surface area contributed by atoms with E-state index >= 15 is 0 Å². The molecule has 0 saturated heterocycles. The van der Waals surface area contributed by atoms with Gasteiger partial charge in [-0.1, -0.05) is 11.6 Å². The van der Waals surface area contributed by atoms with E-state index in [4.69, 9.17) is 11.6 Å². The average molecular weight is 268 g/mol. The van der Waals surface area contributed by atoms with Crippen molar-refractivity contribution in [3.63, 3.8) is 0 Å². The van der Waals surface area contributed by atoms with Crippen molar-refractivity contribution >= 4 is 23.4 Å². The molecule has 1 aliphatic rings. The summed E-state index contributed by atoms with van der Waals surface area (Å²) in [5.74, 6) is -0.490. The smallest absolute Gasteiger partial charge is 0.251 e. The third-order valence-electron chi connectivity index (χ3n) is 2.54. The van der Waals surface area contributed by atoms with Gasteiger partial charge in [-0.05, 0) is 31.9 Å². The minimum absolute atomic E-state index is 0.0195. The van der Waals surface area contributed by atoms with Gasteiger partial charge in [-0.2, -0.15) is 0 Å². The van der Waals surface area contributed by atoms with Gasteiger partial charge in [0.25, 0.3) is 5.91 Å². The molecule has 0 spiro atoms. The highest BCUT2D eigenvalue weighted by molar-refractivity contribution is 6.29. The number of aryl methyl sites for hydroxylation is 1. The number of pyridine rings is 1. The van der Waals surface area contributed by atoms with E-state index in [9.17, 15) is 9.59 Å². The van der Waals surface area contributed by atoms with Crippen molar-refractivity contribution in [2.75, 3.05) is 6.54 Å². The second-order valence-electron chi connectivity index (χ2n) is 4.34. The van der Waals surface area contributed by atoms with Gasteiger partial charge in [0.05, 0.1) is 6.54 Å². The first-order valence-corrected chi connectivity index (χ1v) is 6.14.